The number of aromatic nitrogens is 2. The van der Waals surface area contributed by atoms with Crippen molar-refractivity contribution >= 4 is 40.3 Å². The highest BCUT2D eigenvalue weighted by atomic mass is 35.5. The molecular weight excluding hydrogens is 471 g/mol. The van der Waals surface area contributed by atoms with Gasteiger partial charge in [0.25, 0.3) is 0 Å². The van der Waals surface area contributed by atoms with Gasteiger partial charge in [-0.25, -0.2) is 4.98 Å². The van der Waals surface area contributed by atoms with Crippen LogP contribution >= 0.6 is 23.8 Å². The zero-order chi connectivity index (χ0) is 24.0. The monoisotopic (exact) mass is 495 g/mol. The minimum Gasteiger partial charge on any atom is -0.378 e. The van der Waals surface area contributed by atoms with E-state index < -0.39 is 11.7 Å². The van der Waals surface area contributed by atoms with Gasteiger partial charge in [-0.1, -0.05) is 23.7 Å². The summed E-state index contributed by atoms with van der Waals surface area (Å²) in [5.74, 6) is 0. The first-order valence-electron chi connectivity index (χ1n) is 10.3. The Bertz CT molecular complexity index is 1050. The molecule has 0 bridgehead atoms. The minimum atomic E-state index is -4.51. The first-order chi connectivity index (χ1) is 15.6. The highest BCUT2D eigenvalue weighted by Gasteiger charge is 2.33. The van der Waals surface area contributed by atoms with Crippen LogP contribution in [0.15, 0.2) is 61.2 Å². The van der Waals surface area contributed by atoms with Crippen molar-refractivity contribution in [1.29, 1.82) is 0 Å². The van der Waals surface area contributed by atoms with Crippen molar-refractivity contribution in [3.8, 4) is 0 Å². The van der Waals surface area contributed by atoms with Crippen LogP contribution in [0.5, 0.6) is 0 Å². The third-order valence-electron chi connectivity index (χ3n) is 5.04. The molecule has 3 rings (SSSR count). The van der Waals surface area contributed by atoms with Crippen LogP contribution in [-0.2, 0) is 19.3 Å². The van der Waals surface area contributed by atoms with Gasteiger partial charge in [-0.3, -0.25) is 0 Å². The molecule has 0 radical (unpaired) electrons. The summed E-state index contributed by atoms with van der Waals surface area (Å²) in [6.07, 6.45) is 1.68. The van der Waals surface area contributed by atoms with Crippen molar-refractivity contribution < 1.29 is 13.2 Å². The van der Waals surface area contributed by atoms with Crippen molar-refractivity contribution in [3.63, 3.8) is 0 Å². The van der Waals surface area contributed by atoms with Crippen molar-refractivity contribution in [2.24, 2.45) is 0 Å². The second kappa shape index (κ2) is 10.9. The molecule has 0 saturated carbocycles. The molecule has 1 N–H and O–H groups in total. The van der Waals surface area contributed by atoms with E-state index in [-0.39, 0.29) is 5.02 Å². The van der Waals surface area contributed by atoms with Crippen LogP contribution in [0.4, 0.5) is 24.5 Å². The van der Waals surface area contributed by atoms with E-state index in [0.717, 1.165) is 30.3 Å². The van der Waals surface area contributed by atoms with Gasteiger partial charge in [0, 0.05) is 57.5 Å². The average molecular weight is 496 g/mol. The fourth-order valence-corrected chi connectivity index (χ4v) is 3.82. The fraction of sp³-hybridized carbons (Fsp3) is 0.304. The number of alkyl halides is 3. The third-order valence-corrected chi connectivity index (χ3v) is 5.72. The molecule has 10 heteroatoms. The van der Waals surface area contributed by atoms with Gasteiger partial charge in [0.15, 0.2) is 5.11 Å². The normalized spacial score (nSPS) is 11.3. The summed E-state index contributed by atoms with van der Waals surface area (Å²) in [5.41, 5.74) is 1.68. The van der Waals surface area contributed by atoms with Crippen LogP contribution in [0.2, 0.25) is 5.02 Å². The Morgan fingerprint density at radius 2 is 1.88 bits per heavy atom. The zero-order valence-electron chi connectivity index (χ0n) is 18.3. The number of nitrogens with zero attached hydrogens (tertiary/aromatic N) is 4. The van der Waals surface area contributed by atoms with Crippen LogP contribution in [0.25, 0.3) is 0 Å². The van der Waals surface area contributed by atoms with Crippen molar-refractivity contribution in [2.45, 2.75) is 25.7 Å². The van der Waals surface area contributed by atoms with E-state index in [4.69, 9.17) is 23.8 Å². The Balaban J connectivity index is 1.72. The highest BCUT2D eigenvalue weighted by Crippen LogP contribution is 2.35. The molecule has 0 saturated heterocycles. The van der Waals surface area contributed by atoms with Crippen molar-refractivity contribution in [2.75, 3.05) is 30.9 Å². The molecule has 0 amide bonds. The number of hydrogen-bond donors (Lipinski definition) is 1. The Morgan fingerprint density at radius 1 is 1.15 bits per heavy atom. The predicted octanol–water partition coefficient (Wildman–Crippen LogP) is 5.91. The van der Waals surface area contributed by atoms with E-state index in [1.54, 1.807) is 12.5 Å². The van der Waals surface area contributed by atoms with Crippen LogP contribution < -0.4 is 10.2 Å². The number of nitrogens with one attached hydrogen (secondary N) is 1. The number of anilines is 2. The van der Waals surface area contributed by atoms with Gasteiger partial charge < -0.3 is 19.7 Å². The first-order valence-corrected chi connectivity index (χ1v) is 11.1. The summed E-state index contributed by atoms with van der Waals surface area (Å²) in [6, 6.07) is 11.7. The van der Waals surface area contributed by atoms with E-state index in [0.29, 0.717) is 23.9 Å². The van der Waals surface area contributed by atoms with Gasteiger partial charge in [0.2, 0.25) is 0 Å². The molecule has 0 unspecified atom stereocenters. The van der Waals surface area contributed by atoms with E-state index in [2.05, 4.69) is 10.3 Å². The summed E-state index contributed by atoms with van der Waals surface area (Å²) < 4.78 is 41.0. The van der Waals surface area contributed by atoms with E-state index in [1.807, 2.05) is 58.9 Å². The molecular formula is C23H25ClF3N5S. The van der Waals surface area contributed by atoms with E-state index in [9.17, 15) is 13.2 Å². The van der Waals surface area contributed by atoms with E-state index >= 15 is 0 Å². The number of benzene rings is 2. The van der Waals surface area contributed by atoms with Gasteiger partial charge in [0.05, 0.1) is 16.9 Å². The molecule has 1 heterocycles. The number of thiocarbonyl (C=S) groups is 1. The Kier molecular flexibility index (Phi) is 8.20. The molecule has 2 aromatic carbocycles. The molecule has 0 aliphatic rings. The molecule has 33 heavy (non-hydrogen) atoms. The van der Waals surface area contributed by atoms with E-state index in [1.165, 1.54) is 12.1 Å². The number of imidazole rings is 1. The molecule has 1 aromatic heterocycles. The summed E-state index contributed by atoms with van der Waals surface area (Å²) in [6.45, 7) is 1.97. The SMILES string of the molecule is CN(C)c1ccc(CN(CCCn2ccnc2)C(=S)Nc2ccc(C(F)(F)F)c(Cl)c2)cc1. The molecule has 0 aliphatic carbocycles. The molecule has 3 aromatic rings. The maximum absolute atomic E-state index is 13.0. The fourth-order valence-electron chi connectivity index (χ4n) is 3.26. The van der Waals surface area contributed by atoms with Gasteiger partial charge in [-0.05, 0) is 54.5 Å². The largest absolute Gasteiger partial charge is 0.417 e. The second-order valence-corrected chi connectivity index (χ2v) is 8.55. The number of rotatable bonds is 8. The number of hydrogen-bond acceptors (Lipinski definition) is 3. The number of aryl methyl sites for hydroxylation is 1. The number of halogens is 4. The van der Waals surface area contributed by atoms with Crippen LogP contribution in [0, 0.1) is 0 Å². The lowest BCUT2D eigenvalue weighted by molar-refractivity contribution is -0.137. The molecule has 0 aliphatic heterocycles. The summed E-state index contributed by atoms with van der Waals surface area (Å²) in [5, 5.41) is 3.07. The average Bonchev–Trinajstić information content (AvgIpc) is 3.26. The standard InChI is InChI=1S/C23H25ClF3N5S/c1-30(2)19-7-4-17(5-8-19)15-32(12-3-11-31-13-10-28-16-31)22(33)29-18-6-9-20(21(24)14-18)23(25,26)27/h4-10,13-14,16H,3,11-12,15H2,1-2H3,(H,29,33). The molecule has 0 atom stereocenters. The smallest absolute Gasteiger partial charge is 0.378 e. The molecule has 0 fully saturated rings. The highest BCUT2D eigenvalue weighted by molar-refractivity contribution is 7.80. The lowest BCUT2D eigenvalue weighted by atomic mass is 10.2. The van der Waals surface area contributed by atoms with Gasteiger partial charge in [0.1, 0.15) is 0 Å². The maximum atomic E-state index is 13.0. The van der Waals surface area contributed by atoms with Crippen LogP contribution in [0.3, 0.4) is 0 Å². The topological polar surface area (TPSA) is 36.3 Å². The van der Waals surface area contributed by atoms with Crippen molar-refractivity contribution in [3.05, 3.63) is 77.3 Å². The van der Waals surface area contributed by atoms with Gasteiger partial charge in [-0.2, -0.15) is 13.2 Å². The first kappa shape index (κ1) is 24.9. The minimum absolute atomic E-state index is 0.374. The summed E-state index contributed by atoms with van der Waals surface area (Å²) in [7, 11) is 3.96. The Morgan fingerprint density at radius 3 is 2.45 bits per heavy atom. The third kappa shape index (κ3) is 7.10. The molecule has 176 valence electrons. The van der Waals surface area contributed by atoms with Gasteiger partial charge in [-0.15, -0.1) is 0 Å². The molecule has 0 spiro atoms. The summed E-state index contributed by atoms with van der Waals surface area (Å²) in [4.78, 5) is 8.06. The molecule has 5 nitrogen and oxygen atoms in total. The van der Waals surface area contributed by atoms with Gasteiger partial charge >= 0.3 is 6.18 Å². The summed E-state index contributed by atoms with van der Waals surface area (Å²) >= 11 is 11.5. The predicted molar refractivity (Wildman–Crippen MR) is 131 cm³/mol. The Labute approximate surface area is 201 Å². The lowest BCUT2D eigenvalue weighted by Gasteiger charge is -2.27. The Hall–Kier alpha value is -2.78. The lowest BCUT2D eigenvalue weighted by Crippen LogP contribution is -2.35. The second-order valence-electron chi connectivity index (χ2n) is 7.76. The zero-order valence-corrected chi connectivity index (χ0v) is 19.9. The van der Waals surface area contributed by atoms with Crippen LogP contribution in [-0.4, -0.2) is 40.2 Å². The van der Waals surface area contributed by atoms with Crippen molar-refractivity contribution in [1.82, 2.24) is 14.5 Å². The quantitative estimate of drug-likeness (QED) is 0.393. The maximum Gasteiger partial charge on any atom is 0.417 e. The van der Waals surface area contributed by atoms with Crippen LogP contribution in [0.1, 0.15) is 17.5 Å².